The molecule has 0 aliphatic heterocycles. The van der Waals surface area contributed by atoms with Crippen LogP contribution in [0, 0.1) is 6.92 Å². The van der Waals surface area contributed by atoms with Crippen molar-refractivity contribution in [1.82, 2.24) is 10.2 Å². The molecule has 0 aromatic heterocycles. The summed E-state index contributed by atoms with van der Waals surface area (Å²) >= 11 is 0. The zero-order valence-corrected chi connectivity index (χ0v) is 12.9. The number of aryl methyl sites for hydroxylation is 1. The first-order valence-corrected chi connectivity index (χ1v) is 6.96. The van der Waals surface area contributed by atoms with Crippen molar-refractivity contribution in [2.75, 3.05) is 27.2 Å². The summed E-state index contributed by atoms with van der Waals surface area (Å²) in [4.78, 5) is 2.22. The standard InChI is InChI=1S/C16H28N2O/c1-13-7-6-8-14(11-13)15(17-4)9-10-18(5)16(2,3)12-19/h6-8,11,15,17,19H,9-10,12H2,1-5H3. The second kappa shape index (κ2) is 7.04. The molecule has 0 fully saturated rings. The van der Waals surface area contributed by atoms with Crippen molar-refractivity contribution < 1.29 is 5.11 Å². The van der Waals surface area contributed by atoms with Gasteiger partial charge in [-0.1, -0.05) is 29.8 Å². The molecule has 0 radical (unpaired) electrons. The van der Waals surface area contributed by atoms with E-state index in [1.165, 1.54) is 11.1 Å². The molecule has 1 aromatic rings. The highest BCUT2D eigenvalue weighted by Crippen LogP contribution is 2.20. The van der Waals surface area contributed by atoms with Crippen LogP contribution in [0.3, 0.4) is 0 Å². The van der Waals surface area contributed by atoms with Gasteiger partial charge in [-0.3, -0.25) is 4.90 Å². The van der Waals surface area contributed by atoms with Crippen LogP contribution in [0.15, 0.2) is 24.3 Å². The lowest BCUT2D eigenvalue weighted by Gasteiger charge is -2.34. The highest BCUT2D eigenvalue weighted by molar-refractivity contribution is 5.25. The second-order valence-electron chi connectivity index (χ2n) is 5.94. The highest BCUT2D eigenvalue weighted by Gasteiger charge is 2.23. The maximum Gasteiger partial charge on any atom is 0.0609 e. The summed E-state index contributed by atoms with van der Waals surface area (Å²) < 4.78 is 0. The number of aliphatic hydroxyl groups is 1. The SMILES string of the molecule is CNC(CCN(C)C(C)(C)CO)c1cccc(C)c1. The van der Waals surface area contributed by atoms with E-state index >= 15 is 0 Å². The molecule has 3 heteroatoms. The van der Waals surface area contributed by atoms with E-state index in [0.717, 1.165) is 13.0 Å². The first-order chi connectivity index (χ1) is 8.90. The summed E-state index contributed by atoms with van der Waals surface area (Å²) in [6.07, 6.45) is 1.03. The van der Waals surface area contributed by atoms with Crippen LogP contribution in [0.5, 0.6) is 0 Å². The molecule has 0 aliphatic rings. The van der Waals surface area contributed by atoms with E-state index in [0.29, 0.717) is 6.04 Å². The molecule has 0 spiro atoms. The lowest BCUT2D eigenvalue weighted by atomic mass is 9.99. The Morgan fingerprint density at radius 1 is 1.37 bits per heavy atom. The van der Waals surface area contributed by atoms with Gasteiger partial charge in [0.15, 0.2) is 0 Å². The minimum Gasteiger partial charge on any atom is -0.394 e. The van der Waals surface area contributed by atoms with E-state index in [2.05, 4.69) is 62.3 Å². The predicted molar refractivity (Wildman–Crippen MR) is 81.4 cm³/mol. The van der Waals surface area contributed by atoms with Crippen molar-refractivity contribution >= 4 is 0 Å². The Labute approximate surface area is 117 Å². The van der Waals surface area contributed by atoms with Crippen molar-refractivity contribution in [3.05, 3.63) is 35.4 Å². The molecule has 0 aliphatic carbocycles. The Morgan fingerprint density at radius 3 is 2.58 bits per heavy atom. The van der Waals surface area contributed by atoms with E-state index in [4.69, 9.17) is 0 Å². The van der Waals surface area contributed by atoms with Crippen LogP contribution in [-0.2, 0) is 0 Å². The van der Waals surface area contributed by atoms with Crippen LogP contribution < -0.4 is 5.32 Å². The van der Waals surface area contributed by atoms with Gasteiger partial charge >= 0.3 is 0 Å². The van der Waals surface area contributed by atoms with Gasteiger partial charge in [0.05, 0.1) is 6.61 Å². The maximum atomic E-state index is 9.38. The maximum absolute atomic E-state index is 9.38. The number of hydrogen-bond acceptors (Lipinski definition) is 3. The van der Waals surface area contributed by atoms with Gasteiger partial charge < -0.3 is 10.4 Å². The normalized spacial score (nSPS) is 13.8. The fraction of sp³-hybridized carbons (Fsp3) is 0.625. The van der Waals surface area contributed by atoms with Crippen molar-refractivity contribution in [3.63, 3.8) is 0 Å². The van der Waals surface area contributed by atoms with Crippen molar-refractivity contribution in [1.29, 1.82) is 0 Å². The Hall–Kier alpha value is -0.900. The number of aliphatic hydroxyl groups excluding tert-OH is 1. The molecular formula is C16H28N2O. The Balaban J connectivity index is 2.64. The number of hydrogen-bond donors (Lipinski definition) is 2. The van der Waals surface area contributed by atoms with E-state index < -0.39 is 0 Å². The van der Waals surface area contributed by atoms with Gasteiger partial charge in [0.1, 0.15) is 0 Å². The second-order valence-corrected chi connectivity index (χ2v) is 5.94. The topological polar surface area (TPSA) is 35.5 Å². The number of nitrogens with one attached hydrogen (secondary N) is 1. The van der Waals surface area contributed by atoms with E-state index in [9.17, 15) is 5.11 Å². The molecule has 108 valence electrons. The Bertz CT molecular complexity index is 390. The molecule has 0 saturated carbocycles. The smallest absolute Gasteiger partial charge is 0.0609 e. The molecule has 3 nitrogen and oxygen atoms in total. The van der Waals surface area contributed by atoms with Crippen molar-refractivity contribution in [2.45, 2.75) is 38.8 Å². The third-order valence-electron chi connectivity index (χ3n) is 3.97. The Kier molecular flexibility index (Phi) is 5.98. The largest absolute Gasteiger partial charge is 0.394 e. The average molecular weight is 264 g/mol. The summed E-state index contributed by atoms with van der Waals surface area (Å²) in [5.74, 6) is 0. The van der Waals surface area contributed by atoms with Gasteiger partial charge in [-0.2, -0.15) is 0 Å². The molecule has 2 N–H and O–H groups in total. The number of nitrogens with zero attached hydrogens (tertiary/aromatic N) is 1. The molecule has 19 heavy (non-hydrogen) atoms. The van der Waals surface area contributed by atoms with Crippen LogP contribution in [0.25, 0.3) is 0 Å². The minimum atomic E-state index is -0.162. The first kappa shape index (κ1) is 16.2. The summed E-state index contributed by atoms with van der Waals surface area (Å²) in [5, 5.41) is 12.8. The number of likely N-dealkylation sites (N-methyl/N-ethyl adjacent to an activating group) is 1. The summed E-state index contributed by atoms with van der Waals surface area (Å²) in [5.41, 5.74) is 2.46. The number of benzene rings is 1. The zero-order valence-electron chi connectivity index (χ0n) is 12.9. The molecule has 0 heterocycles. The van der Waals surface area contributed by atoms with Crippen LogP contribution >= 0.6 is 0 Å². The third kappa shape index (κ3) is 4.60. The molecule has 1 atom stereocenters. The van der Waals surface area contributed by atoms with Gasteiger partial charge in [-0.25, -0.2) is 0 Å². The predicted octanol–water partition coefficient (Wildman–Crippen LogP) is 2.35. The van der Waals surface area contributed by atoms with Gasteiger partial charge in [-0.05, 0) is 46.9 Å². The fourth-order valence-corrected chi connectivity index (χ4v) is 2.11. The molecule has 0 bridgehead atoms. The van der Waals surface area contributed by atoms with E-state index in [1.54, 1.807) is 0 Å². The highest BCUT2D eigenvalue weighted by atomic mass is 16.3. The van der Waals surface area contributed by atoms with E-state index in [-0.39, 0.29) is 12.1 Å². The molecule has 1 rings (SSSR count). The van der Waals surface area contributed by atoms with Crippen molar-refractivity contribution in [3.8, 4) is 0 Å². The van der Waals surface area contributed by atoms with Gasteiger partial charge in [0.2, 0.25) is 0 Å². The molecule has 0 saturated heterocycles. The lowest BCUT2D eigenvalue weighted by Crippen LogP contribution is -2.45. The molecule has 1 unspecified atom stereocenters. The van der Waals surface area contributed by atoms with Gasteiger partial charge in [0, 0.05) is 18.1 Å². The monoisotopic (exact) mass is 264 g/mol. The first-order valence-electron chi connectivity index (χ1n) is 6.96. The quantitative estimate of drug-likeness (QED) is 0.793. The molecule has 1 aromatic carbocycles. The number of rotatable bonds is 7. The van der Waals surface area contributed by atoms with Gasteiger partial charge in [-0.15, -0.1) is 0 Å². The molecule has 0 amide bonds. The fourth-order valence-electron chi connectivity index (χ4n) is 2.11. The van der Waals surface area contributed by atoms with Crippen LogP contribution in [0.2, 0.25) is 0 Å². The average Bonchev–Trinajstić information content (AvgIpc) is 2.39. The van der Waals surface area contributed by atoms with Crippen LogP contribution in [0.1, 0.15) is 37.4 Å². The van der Waals surface area contributed by atoms with Crippen LogP contribution in [0.4, 0.5) is 0 Å². The molecular weight excluding hydrogens is 236 g/mol. The summed E-state index contributed by atoms with van der Waals surface area (Å²) in [6.45, 7) is 7.38. The van der Waals surface area contributed by atoms with Crippen molar-refractivity contribution in [2.24, 2.45) is 0 Å². The summed E-state index contributed by atoms with van der Waals surface area (Å²) in [6, 6.07) is 8.99. The van der Waals surface area contributed by atoms with Gasteiger partial charge in [0.25, 0.3) is 0 Å². The van der Waals surface area contributed by atoms with Crippen LogP contribution in [-0.4, -0.2) is 42.8 Å². The minimum absolute atomic E-state index is 0.162. The van der Waals surface area contributed by atoms with E-state index in [1.807, 2.05) is 7.05 Å². The summed E-state index contributed by atoms with van der Waals surface area (Å²) in [7, 11) is 4.07. The Morgan fingerprint density at radius 2 is 2.05 bits per heavy atom. The zero-order chi connectivity index (χ0) is 14.5. The lowest BCUT2D eigenvalue weighted by molar-refractivity contribution is 0.0760. The third-order valence-corrected chi connectivity index (χ3v) is 3.97.